The van der Waals surface area contributed by atoms with E-state index in [9.17, 15) is 19.8 Å². The van der Waals surface area contributed by atoms with Crippen LogP contribution in [0.25, 0.3) is 0 Å². The molecule has 4 aliphatic rings. The van der Waals surface area contributed by atoms with Crippen molar-refractivity contribution in [3.8, 4) is 0 Å². The molecular formula is C19H24ClNO5. The Morgan fingerprint density at radius 2 is 2.08 bits per heavy atom. The zero-order valence-electron chi connectivity index (χ0n) is 14.6. The van der Waals surface area contributed by atoms with E-state index < -0.39 is 41.6 Å². The molecule has 2 aliphatic heterocycles. The van der Waals surface area contributed by atoms with Gasteiger partial charge in [0.05, 0.1) is 12.5 Å². The quantitative estimate of drug-likeness (QED) is 0.493. The van der Waals surface area contributed by atoms with E-state index in [2.05, 4.69) is 11.4 Å². The third-order valence-electron chi connectivity index (χ3n) is 6.54. The SMILES string of the molecule is O=C1NC2([C@@H](O)C3=C4CCCCC4=CCC3)C(=O)O[C@]2(CO)[C@H]1CCCl. The lowest BCUT2D eigenvalue weighted by Crippen LogP contribution is -2.81. The fourth-order valence-corrected chi connectivity index (χ4v) is 5.46. The summed E-state index contributed by atoms with van der Waals surface area (Å²) in [6.07, 6.45) is 6.76. The van der Waals surface area contributed by atoms with E-state index in [-0.39, 0.29) is 12.3 Å². The molecule has 7 heteroatoms. The number of nitrogens with one attached hydrogen (secondary N) is 1. The third-order valence-corrected chi connectivity index (χ3v) is 6.76. The van der Waals surface area contributed by atoms with E-state index in [0.717, 1.165) is 43.3 Å². The van der Waals surface area contributed by atoms with Crippen molar-refractivity contribution >= 4 is 23.5 Å². The monoisotopic (exact) mass is 381 g/mol. The summed E-state index contributed by atoms with van der Waals surface area (Å²) >= 11 is 5.82. The number of hydrogen-bond donors (Lipinski definition) is 3. The van der Waals surface area contributed by atoms with Crippen LogP contribution in [0, 0.1) is 5.92 Å². The molecule has 0 radical (unpaired) electrons. The maximum absolute atomic E-state index is 12.6. The topological polar surface area (TPSA) is 95.9 Å². The number of aliphatic hydroxyl groups is 2. The van der Waals surface area contributed by atoms with Crippen molar-refractivity contribution in [2.45, 2.75) is 62.2 Å². The van der Waals surface area contributed by atoms with E-state index in [0.29, 0.717) is 6.42 Å². The van der Waals surface area contributed by atoms with Crippen LogP contribution in [0.2, 0.25) is 0 Å². The molecule has 2 saturated heterocycles. The second-order valence-corrected chi connectivity index (χ2v) is 8.02. The number of hydrogen-bond acceptors (Lipinski definition) is 5. The van der Waals surface area contributed by atoms with E-state index in [4.69, 9.17) is 16.3 Å². The Balaban J connectivity index is 1.78. The van der Waals surface area contributed by atoms with Gasteiger partial charge in [0.25, 0.3) is 0 Å². The van der Waals surface area contributed by atoms with Crippen LogP contribution < -0.4 is 5.32 Å². The number of amides is 1. The summed E-state index contributed by atoms with van der Waals surface area (Å²) < 4.78 is 5.36. The summed E-state index contributed by atoms with van der Waals surface area (Å²) in [5.41, 5.74) is 0.114. The highest BCUT2D eigenvalue weighted by Crippen LogP contribution is 2.54. The molecule has 3 fully saturated rings. The lowest BCUT2D eigenvalue weighted by Gasteiger charge is -2.54. The number of aliphatic hydroxyl groups excluding tert-OH is 2. The van der Waals surface area contributed by atoms with Crippen molar-refractivity contribution in [2.75, 3.05) is 12.5 Å². The first-order valence-electron chi connectivity index (χ1n) is 9.33. The first-order valence-corrected chi connectivity index (χ1v) is 9.87. The van der Waals surface area contributed by atoms with Gasteiger partial charge in [-0.05, 0) is 61.7 Å². The molecule has 6 nitrogen and oxygen atoms in total. The lowest BCUT2D eigenvalue weighted by atomic mass is 9.64. The van der Waals surface area contributed by atoms with Crippen LogP contribution in [-0.4, -0.2) is 51.8 Å². The van der Waals surface area contributed by atoms with Crippen LogP contribution in [0.5, 0.6) is 0 Å². The number of alkyl halides is 1. The van der Waals surface area contributed by atoms with E-state index in [1.54, 1.807) is 0 Å². The molecular weight excluding hydrogens is 358 g/mol. The number of fused-ring (bicyclic) bond motifs is 2. The minimum absolute atomic E-state index is 0.199. The van der Waals surface area contributed by atoms with Gasteiger partial charge >= 0.3 is 5.97 Å². The molecule has 26 heavy (non-hydrogen) atoms. The predicted octanol–water partition coefficient (Wildman–Crippen LogP) is 1.34. The minimum atomic E-state index is -1.61. The molecule has 0 aromatic heterocycles. The number of esters is 1. The smallest absolute Gasteiger partial charge is 0.340 e. The Bertz CT molecular complexity index is 717. The normalized spacial score (nSPS) is 37.2. The first-order chi connectivity index (χ1) is 12.5. The van der Waals surface area contributed by atoms with Gasteiger partial charge in [-0.3, -0.25) is 4.79 Å². The molecule has 1 amide bonds. The zero-order valence-corrected chi connectivity index (χ0v) is 15.3. The van der Waals surface area contributed by atoms with Crippen LogP contribution in [0.15, 0.2) is 22.8 Å². The second kappa shape index (κ2) is 6.36. The largest absolute Gasteiger partial charge is 0.450 e. The number of carbonyl (C=O) groups is 2. The number of allylic oxidation sites excluding steroid dienone is 3. The highest BCUT2D eigenvalue weighted by molar-refractivity contribution is 6.18. The fourth-order valence-electron chi connectivity index (χ4n) is 5.24. The Morgan fingerprint density at radius 3 is 2.77 bits per heavy atom. The average Bonchev–Trinajstić information content (AvgIpc) is 2.86. The summed E-state index contributed by atoms with van der Waals surface area (Å²) in [5.74, 6) is -1.63. The highest BCUT2D eigenvalue weighted by Gasteiger charge is 2.81. The van der Waals surface area contributed by atoms with Gasteiger partial charge in [-0.15, -0.1) is 11.6 Å². The van der Waals surface area contributed by atoms with E-state index in [1.807, 2.05) is 0 Å². The maximum Gasteiger partial charge on any atom is 0.340 e. The molecule has 1 unspecified atom stereocenters. The van der Waals surface area contributed by atoms with Crippen LogP contribution in [0.4, 0.5) is 0 Å². The molecule has 2 heterocycles. The van der Waals surface area contributed by atoms with Gasteiger partial charge in [0.1, 0.15) is 6.10 Å². The van der Waals surface area contributed by atoms with Gasteiger partial charge in [0.15, 0.2) is 5.60 Å². The lowest BCUT2D eigenvalue weighted by molar-refractivity contribution is -0.246. The zero-order chi connectivity index (χ0) is 18.5. The molecule has 3 N–H and O–H groups in total. The number of carbonyl (C=O) groups excluding carboxylic acids is 2. The van der Waals surface area contributed by atoms with Crippen molar-refractivity contribution in [3.63, 3.8) is 0 Å². The van der Waals surface area contributed by atoms with Crippen molar-refractivity contribution in [2.24, 2.45) is 5.92 Å². The van der Waals surface area contributed by atoms with Crippen molar-refractivity contribution in [1.82, 2.24) is 5.32 Å². The number of halogens is 1. The maximum atomic E-state index is 12.6. The van der Waals surface area contributed by atoms with Gasteiger partial charge in [0, 0.05) is 5.88 Å². The van der Waals surface area contributed by atoms with Crippen LogP contribution >= 0.6 is 11.6 Å². The van der Waals surface area contributed by atoms with Gasteiger partial charge in [-0.2, -0.15) is 0 Å². The van der Waals surface area contributed by atoms with Crippen LogP contribution in [0.3, 0.4) is 0 Å². The van der Waals surface area contributed by atoms with Crippen LogP contribution in [0.1, 0.15) is 44.9 Å². The molecule has 0 aromatic carbocycles. The molecule has 0 spiro atoms. The molecule has 4 rings (SSSR count). The second-order valence-electron chi connectivity index (χ2n) is 7.65. The predicted molar refractivity (Wildman–Crippen MR) is 94.4 cm³/mol. The standard InChI is InChI=1S/C19H24ClNO5/c20-9-8-14-16(24)21-19(17(25)26-18(14,19)10-22)15(23)13-7-3-5-11-4-1-2-6-12(11)13/h5,14-15,22-23H,1-4,6-10H2,(H,21,24)/t14-,15-,18+,19?/m0/s1. The minimum Gasteiger partial charge on any atom is -0.450 e. The van der Waals surface area contributed by atoms with Gasteiger partial charge in [-0.25, -0.2) is 4.79 Å². The Labute approximate surface area is 157 Å². The number of ether oxygens (including phenoxy) is 1. The van der Waals surface area contributed by atoms with Gasteiger partial charge in [0.2, 0.25) is 11.4 Å². The Morgan fingerprint density at radius 1 is 1.31 bits per heavy atom. The molecule has 1 saturated carbocycles. The van der Waals surface area contributed by atoms with Crippen LogP contribution in [-0.2, 0) is 14.3 Å². The molecule has 142 valence electrons. The Hall–Kier alpha value is -1.37. The summed E-state index contributed by atoms with van der Waals surface area (Å²) in [7, 11) is 0. The third kappa shape index (κ3) is 2.12. The molecule has 0 bridgehead atoms. The Kier molecular flexibility index (Phi) is 4.40. The number of rotatable bonds is 5. The molecule has 2 aliphatic carbocycles. The summed E-state index contributed by atoms with van der Waals surface area (Å²) in [4.78, 5) is 25.1. The molecule has 0 aromatic rings. The average molecular weight is 382 g/mol. The van der Waals surface area contributed by atoms with Crippen molar-refractivity contribution in [1.29, 1.82) is 0 Å². The van der Waals surface area contributed by atoms with Crippen molar-refractivity contribution in [3.05, 3.63) is 22.8 Å². The van der Waals surface area contributed by atoms with Gasteiger partial charge < -0.3 is 20.3 Å². The van der Waals surface area contributed by atoms with E-state index >= 15 is 0 Å². The summed E-state index contributed by atoms with van der Waals surface area (Å²) in [5, 5.41) is 24.1. The first kappa shape index (κ1) is 18.0. The summed E-state index contributed by atoms with van der Waals surface area (Å²) in [6, 6.07) is 0. The molecule has 4 atom stereocenters. The summed E-state index contributed by atoms with van der Waals surface area (Å²) in [6.45, 7) is -0.526. The van der Waals surface area contributed by atoms with E-state index in [1.165, 1.54) is 5.57 Å². The highest BCUT2D eigenvalue weighted by atomic mass is 35.5. The van der Waals surface area contributed by atoms with Gasteiger partial charge in [-0.1, -0.05) is 6.08 Å². The van der Waals surface area contributed by atoms with Crippen molar-refractivity contribution < 1.29 is 24.5 Å². The fraction of sp³-hybridized carbons (Fsp3) is 0.684.